The van der Waals surface area contributed by atoms with Crippen molar-refractivity contribution in [3.05, 3.63) is 28.8 Å². The summed E-state index contributed by atoms with van der Waals surface area (Å²) in [7, 11) is 2.14. The lowest BCUT2D eigenvalue weighted by Gasteiger charge is -2.59. The molecule has 5 heteroatoms. The Labute approximate surface area is 167 Å². The SMILES string of the molecule is CCC[C@@]12c3c(ccc([O-])c3C)C[C@@H]([NH+](C)CC3CC3)[C@]1(O)CCC(=O)[C@@H]2O. The van der Waals surface area contributed by atoms with Crippen LogP contribution in [0.25, 0.3) is 0 Å². The molecule has 1 aromatic carbocycles. The van der Waals surface area contributed by atoms with Gasteiger partial charge in [-0.1, -0.05) is 31.0 Å². The molecule has 2 saturated carbocycles. The van der Waals surface area contributed by atoms with Gasteiger partial charge in [0.2, 0.25) is 0 Å². The van der Waals surface area contributed by atoms with Crippen LogP contribution in [0.1, 0.15) is 62.1 Å². The average Bonchev–Trinajstić information content (AvgIpc) is 3.47. The monoisotopic (exact) mass is 387 g/mol. The highest BCUT2D eigenvalue weighted by molar-refractivity contribution is 5.87. The van der Waals surface area contributed by atoms with Gasteiger partial charge in [0.1, 0.15) is 17.7 Å². The maximum atomic E-state index is 12.7. The minimum Gasteiger partial charge on any atom is -0.872 e. The van der Waals surface area contributed by atoms with Gasteiger partial charge in [0.05, 0.1) is 19.0 Å². The molecular formula is C23H33NO4. The third-order valence-electron chi connectivity index (χ3n) is 7.79. The van der Waals surface area contributed by atoms with E-state index in [2.05, 4.69) is 7.05 Å². The number of carbonyl (C=O) groups is 1. The minimum atomic E-state index is -1.26. The van der Waals surface area contributed by atoms with Crippen molar-refractivity contribution in [1.29, 1.82) is 0 Å². The van der Waals surface area contributed by atoms with Gasteiger partial charge in [0, 0.05) is 18.8 Å². The summed E-state index contributed by atoms with van der Waals surface area (Å²) in [5.41, 5.74) is 0.0619. The number of hydrogen-bond donors (Lipinski definition) is 3. The van der Waals surface area contributed by atoms with Crippen molar-refractivity contribution >= 4 is 5.78 Å². The van der Waals surface area contributed by atoms with E-state index in [1.165, 1.54) is 17.7 Å². The van der Waals surface area contributed by atoms with E-state index in [-0.39, 0.29) is 24.0 Å². The molecule has 28 heavy (non-hydrogen) atoms. The van der Waals surface area contributed by atoms with Gasteiger partial charge in [-0.25, -0.2) is 0 Å². The zero-order valence-electron chi connectivity index (χ0n) is 17.3. The summed E-state index contributed by atoms with van der Waals surface area (Å²) in [6.45, 7) is 4.81. The normalized spacial score (nSPS) is 36.0. The van der Waals surface area contributed by atoms with Gasteiger partial charge in [-0.3, -0.25) is 4.79 Å². The fourth-order valence-corrected chi connectivity index (χ4v) is 6.33. The number of likely N-dealkylation sites (N-methyl/N-ethyl adjacent to an activating group) is 1. The van der Waals surface area contributed by atoms with Gasteiger partial charge in [-0.05, 0) is 43.7 Å². The lowest BCUT2D eigenvalue weighted by molar-refractivity contribution is -0.917. The van der Waals surface area contributed by atoms with Crippen molar-refractivity contribution in [2.75, 3.05) is 13.6 Å². The van der Waals surface area contributed by atoms with Crippen LogP contribution in [0, 0.1) is 12.8 Å². The molecule has 2 fully saturated rings. The first-order valence-electron chi connectivity index (χ1n) is 10.8. The van der Waals surface area contributed by atoms with E-state index in [0.717, 1.165) is 24.1 Å². The van der Waals surface area contributed by atoms with Gasteiger partial charge >= 0.3 is 0 Å². The number of benzene rings is 1. The molecule has 0 aliphatic heterocycles. The van der Waals surface area contributed by atoms with E-state index in [1.54, 1.807) is 13.0 Å². The molecule has 0 spiro atoms. The number of Topliss-reactive ketones (excluding diaryl/α,β-unsaturated/α-hetero) is 1. The molecule has 1 unspecified atom stereocenters. The van der Waals surface area contributed by atoms with Crippen LogP contribution in [0.4, 0.5) is 0 Å². The molecule has 154 valence electrons. The number of fused-ring (bicyclic) bond motifs is 3. The van der Waals surface area contributed by atoms with Gasteiger partial charge in [-0.15, -0.1) is 5.75 Å². The van der Waals surface area contributed by atoms with Crippen molar-refractivity contribution < 1.29 is 25.0 Å². The number of carbonyl (C=O) groups excluding carboxylic acids is 1. The Morgan fingerprint density at radius 3 is 2.68 bits per heavy atom. The van der Waals surface area contributed by atoms with E-state index >= 15 is 0 Å². The van der Waals surface area contributed by atoms with Crippen LogP contribution in [-0.4, -0.2) is 47.3 Å². The Morgan fingerprint density at radius 2 is 2.04 bits per heavy atom. The summed E-state index contributed by atoms with van der Waals surface area (Å²) in [4.78, 5) is 14.0. The van der Waals surface area contributed by atoms with Crippen molar-refractivity contribution in [3.63, 3.8) is 0 Å². The standard InChI is InChI=1S/C23H33NO4/c1-4-10-22-20-14(2)17(25)8-7-16(20)12-19(24(3)13-15-5-6-15)23(22,28)11-9-18(26)21(22)27/h7-8,15,19,21,25,27-28H,4-6,9-13H2,1-3H3/t19-,21+,22+,23-/m1/s1. The smallest absolute Gasteiger partial charge is 0.162 e. The third-order valence-corrected chi connectivity index (χ3v) is 7.79. The predicted octanol–water partition coefficient (Wildman–Crippen LogP) is 0.411. The summed E-state index contributed by atoms with van der Waals surface area (Å²) in [5, 5.41) is 36.0. The molecule has 1 aromatic rings. The van der Waals surface area contributed by atoms with Gasteiger partial charge in [-0.2, -0.15) is 0 Å². The third kappa shape index (κ3) is 2.66. The highest BCUT2D eigenvalue weighted by Gasteiger charge is 2.68. The number of ketones is 1. The van der Waals surface area contributed by atoms with Crippen LogP contribution in [-0.2, 0) is 16.6 Å². The Hall–Kier alpha value is -1.43. The van der Waals surface area contributed by atoms with E-state index in [0.29, 0.717) is 30.7 Å². The van der Waals surface area contributed by atoms with Crippen molar-refractivity contribution in [2.45, 2.75) is 82.0 Å². The lowest BCUT2D eigenvalue weighted by Crippen LogP contribution is -3.17. The lowest BCUT2D eigenvalue weighted by atomic mass is 9.49. The maximum absolute atomic E-state index is 12.7. The quantitative estimate of drug-likeness (QED) is 0.683. The van der Waals surface area contributed by atoms with E-state index in [4.69, 9.17) is 0 Å². The molecular weight excluding hydrogens is 354 g/mol. The van der Waals surface area contributed by atoms with E-state index in [1.807, 2.05) is 13.0 Å². The molecule has 3 aliphatic carbocycles. The first-order chi connectivity index (χ1) is 13.3. The molecule has 0 heterocycles. The molecule has 0 bridgehead atoms. The Balaban J connectivity index is 1.94. The summed E-state index contributed by atoms with van der Waals surface area (Å²) in [6, 6.07) is 3.37. The molecule has 0 saturated heterocycles. The van der Waals surface area contributed by atoms with Crippen LogP contribution in [0.15, 0.2) is 12.1 Å². The highest BCUT2D eigenvalue weighted by atomic mass is 16.3. The second kappa shape index (κ2) is 6.82. The first kappa shape index (κ1) is 19.9. The van der Waals surface area contributed by atoms with Crippen LogP contribution in [0.2, 0.25) is 0 Å². The summed E-state index contributed by atoms with van der Waals surface area (Å²) >= 11 is 0. The highest BCUT2D eigenvalue weighted by Crippen LogP contribution is 2.55. The topological polar surface area (TPSA) is 85.0 Å². The summed E-state index contributed by atoms with van der Waals surface area (Å²) in [6.07, 6.45) is 3.70. The zero-order chi connectivity index (χ0) is 20.3. The number of quaternary nitrogens is 1. The van der Waals surface area contributed by atoms with E-state index in [9.17, 15) is 20.1 Å². The zero-order valence-corrected chi connectivity index (χ0v) is 17.3. The van der Waals surface area contributed by atoms with Crippen LogP contribution < -0.4 is 10.0 Å². The number of rotatable bonds is 5. The van der Waals surface area contributed by atoms with Gasteiger partial charge in [0.25, 0.3) is 0 Å². The van der Waals surface area contributed by atoms with Crippen LogP contribution in [0.3, 0.4) is 0 Å². The second-order valence-corrected chi connectivity index (χ2v) is 9.49. The Bertz CT molecular complexity index is 789. The first-order valence-corrected chi connectivity index (χ1v) is 10.8. The fraction of sp³-hybridized carbons (Fsp3) is 0.696. The molecule has 0 aromatic heterocycles. The maximum Gasteiger partial charge on any atom is 0.162 e. The summed E-state index contributed by atoms with van der Waals surface area (Å²) in [5.74, 6) is 0.422. The Kier molecular flexibility index (Phi) is 4.84. The second-order valence-electron chi connectivity index (χ2n) is 9.49. The van der Waals surface area contributed by atoms with E-state index < -0.39 is 17.1 Å². The molecule has 5 atom stereocenters. The number of hydrogen-bond acceptors (Lipinski definition) is 4. The molecule has 5 nitrogen and oxygen atoms in total. The van der Waals surface area contributed by atoms with Gasteiger partial charge < -0.3 is 20.2 Å². The average molecular weight is 388 g/mol. The minimum absolute atomic E-state index is 0.0843. The van der Waals surface area contributed by atoms with Crippen molar-refractivity contribution in [3.8, 4) is 5.75 Å². The van der Waals surface area contributed by atoms with Gasteiger partial charge in [0.15, 0.2) is 5.78 Å². The molecule has 4 rings (SSSR count). The fourth-order valence-electron chi connectivity index (χ4n) is 6.33. The van der Waals surface area contributed by atoms with Crippen molar-refractivity contribution in [1.82, 2.24) is 0 Å². The van der Waals surface area contributed by atoms with Crippen LogP contribution >= 0.6 is 0 Å². The largest absolute Gasteiger partial charge is 0.872 e. The summed E-state index contributed by atoms with van der Waals surface area (Å²) < 4.78 is 0. The molecule has 3 N–H and O–H groups in total. The molecule has 3 aliphatic rings. The molecule has 0 amide bonds. The Morgan fingerprint density at radius 1 is 1.32 bits per heavy atom. The number of aliphatic hydroxyl groups is 2. The van der Waals surface area contributed by atoms with Crippen LogP contribution in [0.5, 0.6) is 5.75 Å². The number of aliphatic hydroxyl groups excluding tert-OH is 1. The predicted molar refractivity (Wildman–Crippen MR) is 104 cm³/mol. The van der Waals surface area contributed by atoms with Crippen molar-refractivity contribution in [2.24, 2.45) is 5.92 Å². The number of nitrogens with one attached hydrogen (secondary N) is 1. The molecule has 0 radical (unpaired) electrons.